The molecule has 0 atom stereocenters. The summed E-state index contributed by atoms with van der Waals surface area (Å²) in [5.41, 5.74) is 3.77. The van der Waals surface area contributed by atoms with E-state index in [1.165, 1.54) is 40.6 Å². The lowest BCUT2D eigenvalue weighted by Gasteiger charge is -2.10. The third kappa shape index (κ3) is 5.73. The minimum Gasteiger partial charge on any atom is -0.465 e. The van der Waals surface area contributed by atoms with Crippen molar-refractivity contribution in [3.63, 3.8) is 0 Å². The number of thioether (sulfide) groups is 1. The molecule has 1 amide bonds. The molecule has 0 spiro atoms. The molecule has 4 rings (SSSR count). The highest BCUT2D eigenvalue weighted by molar-refractivity contribution is 7.99. The van der Waals surface area contributed by atoms with E-state index in [0.717, 1.165) is 49.1 Å². The second kappa shape index (κ2) is 11.9. The number of esters is 1. The van der Waals surface area contributed by atoms with Gasteiger partial charge < -0.3 is 10.1 Å². The van der Waals surface area contributed by atoms with Crippen molar-refractivity contribution in [2.75, 3.05) is 18.2 Å². The minimum atomic E-state index is -0.392. The number of carbonyl (C=O) groups is 2. The molecular weight excluding hydrogens is 492 g/mol. The van der Waals surface area contributed by atoms with Gasteiger partial charge >= 0.3 is 5.97 Å². The Labute approximate surface area is 220 Å². The number of methoxy groups -OCH3 is 1. The topological polar surface area (TPSA) is 86.1 Å². The van der Waals surface area contributed by atoms with Crippen LogP contribution in [0.5, 0.6) is 0 Å². The maximum absolute atomic E-state index is 12.9. The zero-order valence-corrected chi connectivity index (χ0v) is 22.6. The van der Waals surface area contributed by atoms with Gasteiger partial charge in [0.15, 0.2) is 11.0 Å². The number of thiophene rings is 1. The quantitative estimate of drug-likeness (QED) is 0.157. The first kappa shape index (κ1) is 26.2. The monoisotopic (exact) mass is 524 g/mol. The van der Waals surface area contributed by atoms with Gasteiger partial charge in [-0.05, 0) is 42.7 Å². The zero-order chi connectivity index (χ0) is 25.7. The molecule has 1 aliphatic rings. The summed E-state index contributed by atoms with van der Waals surface area (Å²) in [7, 11) is 1.38. The Morgan fingerprint density at radius 1 is 1.19 bits per heavy atom. The van der Waals surface area contributed by atoms with Crippen molar-refractivity contribution in [3.8, 4) is 11.4 Å². The highest BCUT2D eigenvalue weighted by atomic mass is 32.2. The largest absolute Gasteiger partial charge is 0.465 e. The lowest BCUT2D eigenvalue weighted by molar-refractivity contribution is -0.113. The van der Waals surface area contributed by atoms with E-state index in [1.54, 1.807) is 6.08 Å². The predicted molar refractivity (Wildman–Crippen MR) is 146 cm³/mol. The lowest BCUT2D eigenvalue weighted by Crippen LogP contribution is -2.16. The summed E-state index contributed by atoms with van der Waals surface area (Å²) in [6.07, 6.45) is 6.85. The van der Waals surface area contributed by atoms with Crippen LogP contribution >= 0.6 is 23.1 Å². The van der Waals surface area contributed by atoms with Crippen molar-refractivity contribution < 1.29 is 14.3 Å². The number of aryl methyl sites for hydroxylation is 1. The van der Waals surface area contributed by atoms with Crippen molar-refractivity contribution in [2.24, 2.45) is 0 Å². The number of hydrogen-bond acceptors (Lipinski definition) is 7. The van der Waals surface area contributed by atoms with E-state index in [4.69, 9.17) is 4.74 Å². The van der Waals surface area contributed by atoms with Crippen molar-refractivity contribution in [2.45, 2.75) is 63.6 Å². The Bertz CT molecular complexity index is 1240. The molecule has 190 valence electrons. The molecule has 0 radical (unpaired) electrons. The number of fused-ring (bicyclic) bond motifs is 1. The minimum absolute atomic E-state index is 0.144. The summed E-state index contributed by atoms with van der Waals surface area (Å²) in [6, 6.07) is 8.31. The molecule has 0 bridgehead atoms. The molecule has 9 heteroatoms. The summed E-state index contributed by atoms with van der Waals surface area (Å²) >= 11 is 2.81. The fourth-order valence-corrected chi connectivity index (χ4v) is 6.40. The van der Waals surface area contributed by atoms with Gasteiger partial charge in [-0.2, -0.15) is 0 Å². The summed E-state index contributed by atoms with van der Waals surface area (Å²) in [5, 5.41) is 12.9. The van der Waals surface area contributed by atoms with Crippen LogP contribution in [0, 0.1) is 0 Å². The van der Waals surface area contributed by atoms with E-state index < -0.39 is 5.97 Å². The van der Waals surface area contributed by atoms with Gasteiger partial charge in [0.05, 0.1) is 18.4 Å². The van der Waals surface area contributed by atoms with E-state index in [0.29, 0.717) is 28.2 Å². The zero-order valence-electron chi connectivity index (χ0n) is 21.0. The van der Waals surface area contributed by atoms with Gasteiger partial charge in [-0.15, -0.1) is 28.1 Å². The van der Waals surface area contributed by atoms with Gasteiger partial charge in [-0.3, -0.25) is 9.36 Å². The smallest absolute Gasteiger partial charge is 0.341 e. The highest BCUT2D eigenvalue weighted by Gasteiger charge is 2.26. The number of benzene rings is 1. The molecule has 0 unspecified atom stereocenters. The van der Waals surface area contributed by atoms with Crippen LogP contribution in [0.15, 0.2) is 42.1 Å². The predicted octanol–water partition coefficient (Wildman–Crippen LogP) is 6.10. The van der Waals surface area contributed by atoms with Gasteiger partial charge in [0, 0.05) is 17.0 Å². The van der Waals surface area contributed by atoms with Crippen LogP contribution in [0.1, 0.15) is 65.4 Å². The molecule has 36 heavy (non-hydrogen) atoms. The van der Waals surface area contributed by atoms with Crippen LogP contribution < -0.4 is 5.32 Å². The number of carbonyl (C=O) groups excluding carboxylic acids is 2. The number of ether oxygens (including phenoxy) is 1. The molecule has 1 N–H and O–H groups in total. The number of aromatic nitrogens is 3. The second-order valence-electron chi connectivity index (χ2n) is 9.08. The first-order chi connectivity index (χ1) is 17.4. The second-order valence-corrected chi connectivity index (χ2v) is 11.1. The van der Waals surface area contributed by atoms with Crippen LogP contribution in [-0.4, -0.2) is 39.5 Å². The van der Waals surface area contributed by atoms with Gasteiger partial charge in [0.2, 0.25) is 5.91 Å². The standard InChI is InChI=1S/C27H32N4O3S2/c1-5-15-31-24(19-13-11-18(12-14-19)17(2)3)29-30-27(31)35-16-22(32)28-25-23(26(33)34-4)20-9-7-6-8-10-21(20)36-25/h5,11-14,17H,1,6-10,15-16H2,2-4H3,(H,28,32). The van der Waals surface area contributed by atoms with E-state index in [9.17, 15) is 9.59 Å². The number of amides is 1. The molecule has 2 aromatic heterocycles. The maximum Gasteiger partial charge on any atom is 0.341 e. The number of anilines is 1. The van der Waals surface area contributed by atoms with Crippen molar-refractivity contribution in [3.05, 3.63) is 58.5 Å². The molecule has 7 nitrogen and oxygen atoms in total. The van der Waals surface area contributed by atoms with Gasteiger partial charge in [-0.25, -0.2) is 4.79 Å². The Balaban J connectivity index is 1.50. The molecular formula is C27H32N4O3S2. The van der Waals surface area contributed by atoms with E-state index in [2.05, 4.69) is 60.2 Å². The SMILES string of the molecule is C=CCn1c(SCC(=O)Nc2sc3c(c2C(=O)OC)CCCCC3)nnc1-c1ccc(C(C)C)cc1. The van der Waals surface area contributed by atoms with Crippen LogP contribution in [0.3, 0.4) is 0 Å². The molecule has 1 aromatic carbocycles. The van der Waals surface area contributed by atoms with E-state index in [-0.39, 0.29) is 11.7 Å². The number of rotatable bonds is 9. The Hall–Kier alpha value is -2.91. The molecule has 0 saturated carbocycles. The average Bonchev–Trinajstić information content (AvgIpc) is 3.34. The first-order valence-electron chi connectivity index (χ1n) is 12.2. The number of hydrogen-bond donors (Lipinski definition) is 1. The third-order valence-corrected chi connectivity index (χ3v) is 8.43. The Morgan fingerprint density at radius 3 is 2.64 bits per heavy atom. The van der Waals surface area contributed by atoms with Crippen molar-refractivity contribution in [1.29, 1.82) is 0 Å². The third-order valence-electron chi connectivity index (χ3n) is 6.26. The summed E-state index contributed by atoms with van der Waals surface area (Å²) in [4.78, 5) is 26.6. The number of nitrogens with one attached hydrogen (secondary N) is 1. The molecule has 0 aliphatic heterocycles. The summed E-state index contributed by atoms with van der Waals surface area (Å²) in [5.74, 6) is 0.745. The lowest BCUT2D eigenvalue weighted by atomic mass is 10.0. The van der Waals surface area contributed by atoms with Gasteiger partial charge in [0.25, 0.3) is 0 Å². The van der Waals surface area contributed by atoms with Crippen molar-refractivity contribution >= 4 is 40.0 Å². The molecule has 0 saturated heterocycles. The number of allylic oxidation sites excluding steroid dienone is 1. The number of nitrogens with zero attached hydrogens (tertiary/aromatic N) is 3. The fraction of sp³-hybridized carbons (Fsp3) is 0.407. The van der Waals surface area contributed by atoms with Crippen LogP contribution in [0.25, 0.3) is 11.4 Å². The van der Waals surface area contributed by atoms with E-state index >= 15 is 0 Å². The van der Waals surface area contributed by atoms with Crippen LogP contribution in [-0.2, 0) is 28.9 Å². The van der Waals surface area contributed by atoms with Crippen molar-refractivity contribution in [1.82, 2.24) is 14.8 Å². The fourth-order valence-electron chi connectivity index (χ4n) is 4.36. The average molecular weight is 525 g/mol. The van der Waals surface area contributed by atoms with Crippen LogP contribution in [0.2, 0.25) is 0 Å². The van der Waals surface area contributed by atoms with Gasteiger partial charge in [0.1, 0.15) is 5.00 Å². The molecule has 3 aromatic rings. The normalized spacial score (nSPS) is 13.2. The molecule has 1 aliphatic carbocycles. The Kier molecular flexibility index (Phi) is 8.64. The van der Waals surface area contributed by atoms with Crippen LogP contribution in [0.4, 0.5) is 5.00 Å². The summed E-state index contributed by atoms with van der Waals surface area (Å²) < 4.78 is 7.00. The summed E-state index contributed by atoms with van der Waals surface area (Å²) in [6.45, 7) is 8.72. The molecule has 0 fully saturated rings. The highest BCUT2D eigenvalue weighted by Crippen LogP contribution is 2.38. The van der Waals surface area contributed by atoms with Gasteiger partial charge in [-0.1, -0.05) is 62.4 Å². The first-order valence-corrected chi connectivity index (χ1v) is 14.0. The molecule has 2 heterocycles. The Morgan fingerprint density at radius 2 is 1.94 bits per heavy atom. The maximum atomic E-state index is 12.9. The van der Waals surface area contributed by atoms with E-state index in [1.807, 2.05) is 4.57 Å².